The molecule has 0 amide bonds. The SMILES string of the molecule is Cc1ccccc1-c1nc(NC(C)(C)C)cc(C(=O)O)n1. The summed E-state index contributed by atoms with van der Waals surface area (Å²) in [5.74, 6) is -0.142. The highest BCUT2D eigenvalue weighted by atomic mass is 16.4. The van der Waals surface area contributed by atoms with E-state index in [1.807, 2.05) is 52.0 Å². The van der Waals surface area contributed by atoms with Crippen LogP contribution in [0.2, 0.25) is 0 Å². The molecule has 0 saturated heterocycles. The van der Waals surface area contributed by atoms with E-state index < -0.39 is 5.97 Å². The Balaban J connectivity index is 2.56. The van der Waals surface area contributed by atoms with Crippen LogP contribution in [0.25, 0.3) is 11.4 Å². The lowest BCUT2D eigenvalue weighted by molar-refractivity contribution is 0.0690. The molecule has 2 N–H and O–H groups in total. The minimum Gasteiger partial charge on any atom is -0.477 e. The highest BCUT2D eigenvalue weighted by Gasteiger charge is 2.16. The smallest absolute Gasteiger partial charge is 0.354 e. The maximum atomic E-state index is 11.3. The third-order valence-electron chi connectivity index (χ3n) is 2.83. The molecule has 1 aromatic carbocycles. The molecule has 110 valence electrons. The number of anilines is 1. The van der Waals surface area contributed by atoms with Crippen molar-refractivity contribution in [1.29, 1.82) is 0 Å². The first kappa shape index (κ1) is 15.0. The van der Waals surface area contributed by atoms with Crippen molar-refractivity contribution in [2.45, 2.75) is 33.2 Å². The van der Waals surface area contributed by atoms with Gasteiger partial charge in [-0.05, 0) is 33.3 Å². The summed E-state index contributed by atoms with van der Waals surface area (Å²) in [6, 6.07) is 9.10. The topological polar surface area (TPSA) is 75.1 Å². The molecule has 5 nitrogen and oxygen atoms in total. The monoisotopic (exact) mass is 285 g/mol. The quantitative estimate of drug-likeness (QED) is 0.904. The minimum absolute atomic E-state index is 0.0185. The van der Waals surface area contributed by atoms with Gasteiger partial charge in [0.1, 0.15) is 5.82 Å². The van der Waals surface area contributed by atoms with E-state index in [9.17, 15) is 9.90 Å². The predicted molar refractivity (Wildman–Crippen MR) is 82.5 cm³/mol. The molecule has 0 spiro atoms. The van der Waals surface area contributed by atoms with E-state index in [2.05, 4.69) is 15.3 Å². The summed E-state index contributed by atoms with van der Waals surface area (Å²) in [6.45, 7) is 7.91. The van der Waals surface area contributed by atoms with Crippen molar-refractivity contribution in [2.24, 2.45) is 0 Å². The summed E-state index contributed by atoms with van der Waals surface area (Å²) in [4.78, 5) is 19.9. The number of carbonyl (C=O) groups is 1. The molecule has 2 rings (SSSR count). The Morgan fingerprint density at radius 3 is 2.43 bits per heavy atom. The Morgan fingerprint density at radius 2 is 1.86 bits per heavy atom. The van der Waals surface area contributed by atoms with E-state index in [0.29, 0.717) is 11.6 Å². The van der Waals surface area contributed by atoms with Gasteiger partial charge in [-0.15, -0.1) is 0 Å². The van der Waals surface area contributed by atoms with Crippen molar-refractivity contribution in [3.63, 3.8) is 0 Å². The maximum Gasteiger partial charge on any atom is 0.354 e. The van der Waals surface area contributed by atoms with Crippen LogP contribution in [-0.4, -0.2) is 26.6 Å². The van der Waals surface area contributed by atoms with E-state index in [4.69, 9.17) is 0 Å². The van der Waals surface area contributed by atoms with Crippen molar-refractivity contribution in [2.75, 3.05) is 5.32 Å². The Bertz CT molecular complexity index is 675. The summed E-state index contributed by atoms with van der Waals surface area (Å²) in [5, 5.41) is 12.4. The molecular formula is C16H19N3O2. The Hall–Kier alpha value is -2.43. The second-order valence-corrected chi connectivity index (χ2v) is 5.96. The molecule has 0 aliphatic heterocycles. The number of hydrogen-bond donors (Lipinski definition) is 2. The first-order valence-corrected chi connectivity index (χ1v) is 6.73. The van der Waals surface area contributed by atoms with Crippen molar-refractivity contribution in [1.82, 2.24) is 9.97 Å². The fourth-order valence-corrected chi connectivity index (χ4v) is 1.95. The van der Waals surface area contributed by atoms with Gasteiger partial charge >= 0.3 is 5.97 Å². The van der Waals surface area contributed by atoms with Crippen molar-refractivity contribution in [3.05, 3.63) is 41.6 Å². The lowest BCUT2D eigenvalue weighted by Gasteiger charge is -2.21. The van der Waals surface area contributed by atoms with Gasteiger partial charge in [0.25, 0.3) is 0 Å². The zero-order chi connectivity index (χ0) is 15.6. The molecule has 2 aromatic rings. The average molecular weight is 285 g/mol. The van der Waals surface area contributed by atoms with Gasteiger partial charge < -0.3 is 10.4 Å². The summed E-state index contributed by atoms with van der Waals surface area (Å²) in [6.07, 6.45) is 0. The largest absolute Gasteiger partial charge is 0.477 e. The van der Waals surface area contributed by atoms with Crippen LogP contribution in [-0.2, 0) is 0 Å². The van der Waals surface area contributed by atoms with Crippen LogP contribution in [0.5, 0.6) is 0 Å². The van der Waals surface area contributed by atoms with Crippen LogP contribution in [0.15, 0.2) is 30.3 Å². The number of rotatable bonds is 3. The molecule has 0 saturated carbocycles. The third-order valence-corrected chi connectivity index (χ3v) is 2.83. The molecule has 0 aliphatic carbocycles. The molecule has 0 fully saturated rings. The highest BCUT2D eigenvalue weighted by Crippen LogP contribution is 2.22. The Kier molecular flexibility index (Phi) is 3.93. The number of aryl methyl sites for hydroxylation is 1. The fraction of sp³-hybridized carbons (Fsp3) is 0.312. The molecular weight excluding hydrogens is 266 g/mol. The van der Waals surface area contributed by atoms with Crippen LogP contribution in [0.4, 0.5) is 5.82 Å². The van der Waals surface area contributed by atoms with Gasteiger partial charge in [0.05, 0.1) is 0 Å². The zero-order valence-electron chi connectivity index (χ0n) is 12.6. The summed E-state index contributed by atoms with van der Waals surface area (Å²) < 4.78 is 0. The molecule has 0 radical (unpaired) electrons. The van der Waals surface area contributed by atoms with Crippen LogP contribution < -0.4 is 5.32 Å². The second-order valence-electron chi connectivity index (χ2n) is 5.96. The summed E-state index contributed by atoms with van der Waals surface area (Å²) >= 11 is 0. The second kappa shape index (κ2) is 5.52. The molecule has 0 atom stereocenters. The van der Waals surface area contributed by atoms with E-state index in [0.717, 1.165) is 11.1 Å². The third kappa shape index (κ3) is 3.78. The van der Waals surface area contributed by atoms with Crippen LogP contribution in [0.1, 0.15) is 36.8 Å². The average Bonchev–Trinajstić information content (AvgIpc) is 2.36. The van der Waals surface area contributed by atoms with Crippen LogP contribution in [0.3, 0.4) is 0 Å². The molecule has 21 heavy (non-hydrogen) atoms. The molecule has 0 aliphatic rings. The van der Waals surface area contributed by atoms with Crippen molar-refractivity contribution < 1.29 is 9.90 Å². The van der Waals surface area contributed by atoms with Gasteiger partial charge in [-0.25, -0.2) is 14.8 Å². The van der Waals surface area contributed by atoms with Gasteiger partial charge in [-0.1, -0.05) is 24.3 Å². The highest BCUT2D eigenvalue weighted by molar-refractivity contribution is 5.87. The first-order valence-electron chi connectivity index (χ1n) is 6.73. The van der Waals surface area contributed by atoms with E-state index in [1.54, 1.807) is 0 Å². The molecule has 1 heterocycles. The predicted octanol–water partition coefficient (Wildman–Crippen LogP) is 3.36. The van der Waals surface area contributed by atoms with E-state index in [1.165, 1.54) is 6.07 Å². The summed E-state index contributed by atoms with van der Waals surface area (Å²) in [5.41, 5.74) is 1.60. The molecule has 0 bridgehead atoms. The van der Waals surface area contributed by atoms with Crippen LogP contribution >= 0.6 is 0 Å². The number of carboxylic acid groups (broad SMARTS) is 1. The van der Waals surface area contributed by atoms with E-state index in [-0.39, 0.29) is 11.2 Å². The van der Waals surface area contributed by atoms with Gasteiger partial charge in [-0.2, -0.15) is 0 Å². The Labute approximate surface area is 124 Å². The number of aromatic carboxylic acids is 1. The van der Waals surface area contributed by atoms with Gasteiger partial charge in [0.2, 0.25) is 0 Å². The van der Waals surface area contributed by atoms with Crippen molar-refractivity contribution in [3.8, 4) is 11.4 Å². The number of carboxylic acids is 1. The fourth-order valence-electron chi connectivity index (χ4n) is 1.95. The number of nitrogens with one attached hydrogen (secondary N) is 1. The Morgan fingerprint density at radius 1 is 1.19 bits per heavy atom. The number of benzene rings is 1. The maximum absolute atomic E-state index is 11.3. The molecule has 5 heteroatoms. The van der Waals surface area contributed by atoms with Gasteiger partial charge in [0, 0.05) is 17.2 Å². The van der Waals surface area contributed by atoms with E-state index >= 15 is 0 Å². The standard InChI is InChI=1S/C16H19N3O2/c1-10-7-5-6-8-11(10)14-17-12(15(20)21)9-13(18-14)19-16(2,3)4/h5-9H,1-4H3,(H,20,21)(H,17,18,19). The van der Waals surface area contributed by atoms with Crippen LogP contribution in [0, 0.1) is 6.92 Å². The number of aromatic nitrogens is 2. The molecule has 1 aromatic heterocycles. The lowest BCUT2D eigenvalue weighted by atomic mass is 10.1. The minimum atomic E-state index is -1.07. The van der Waals surface area contributed by atoms with Gasteiger partial charge in [-0.3, -0.25) is 0 Å². The lowest BCUT2D eigenvalue weighted by Crippen LogP contribution is -2.27. The van der Waals surface area contributed by atoms with Crippen molar-refractivity contribution >= 4 is 11.8 Å². The number of nitrogens with zero attached hydrogens (tertiary/aromatic N) is 2. The molecule has 0 unspecified atom stereocenters. The first-order chi connectivity index (χ1) is 9.76. The summed E-state index contributed by atoms with van der Waals surface area (Å²) in [7, 11) is 0. The normalized spacial score (nSPS) is 11.2. The zero-order valence-corrected chi connectivity index (χ0v) is 12.6. The number of hydrogen-bond acceptors (Lipinski definition) is 4. The van der Waals surface area contributed by atoms with Gasteiger partial charge in [0.15, 0.2) is 11.5 Å².